The van der Waals surface area contributed by atoms with Crippen LogP contribution in [-0.4, -0.2) is 32.0 Å². The fourth-order valence-corrected chi connectivity index (χ4v) is 3.35. The van der Waals surface area contributed by atoms with Gasteiger partial charge in [0.05, 0.1) is 17.2 Å². The van der Waals surface area contributed by atoms with Gasteiger partial charge in [-0.05, 0) is 39.5 Å². The zero-order chi connectivity index (χ0) is 15.0. The monoisotopic (exact) mass is 310 g/mol. The van der Waals surface area contributed by atoms with Gasteiger partial charge in [0.25, 0.3) is 0 Å². The van der Waals surface area contributed by atoms with E-state index in [0.717, 1.165) is 48.7 Å². The molecule has 2 aromatic heterocycles. The molecule has 1 aliphatic rings. The van der Waals surface area contributed by atoms with E-state index in [0.29, 0.717) is 6.10 Å². The summed E-state index contributed by atoms with van der Waals surface area (Å²) in [4.78, 5) is 4.70. The Morgan fingerprint density at radius 2 is 2.24 bits per heavy atom. The smallest absolute Gasteiger partial charge is 0.158 e. The first-order chi connectivity index (χ1) is 10.1. The zero-order valence-electron chi connectivity index (χ0n) is 13.0. The molecule has 21 heavy (non-hydrogen) atoms. The second kappa shape index (κ2) is 5.97. The number of aromatic nitrogens is 4. The first-order valence-electron chi connectivity index (χ1n) is 7.73. The van der Waals surface area contributed by atoms with Crippen molar-refractivity contribution >= 4 is 22.8 Å². The molecular formula is C15H23ClN4O. The van der Waals surface area contributed by atoms with Crippen LogP contribution in [0.5, 0.6) is 0 Å². The highest BCUT2D eigenvalue weighted by Crippen LogP contribution is 2.27. The lowest BCUT2D eigenvalue weighted by molar-refractivity contribution is 0.00882. The topological polar surface area (TPSA) is 44.9 Å². The Balaban J connectivity index is 1.89. The van der Waals surface area contributed by atoms with Gasteiger partial charge in [0, 0.05) is 20.2 Å². The number of alkyl halides is 1. The van der Waals surface area contributed by atoms with Crippen LogP contribution in [0.2, 0.25) is 0 Å². The summed E-state index contributed by atoms with van der Waals surface area (Å²) < 4.78 is 9.95. The normalized spacial score (nSPS) is 21.0. The van der Waals surface area contributed by atoms with Crippen molar-refractivity contribution in [2.45, 2.75) is 57.6 Å². The Labute approximate surface area is 130 Å². The predicted octanol–water partition coefficient (Wildman–Crippen LogP) is 3.34. The highest BCUT2D eigenvalue weighted by molar-refractivity contribution is 6.20. The minimum Gasteiger partial charge on any atom is -0.378 e. The van der Waals surface area contributed by atoms with Crippen molar-refractivity contribution in [2.75, 3.05) is 6.61 Å². The maximum absolute atomic E-state index is 6.32. The van der Waals surface area contributed by atoms with E-state index in [-0.39, 0.29) is 5.38 Å². The Morgan fingerprint density at radius 3 is 2.90 bits per heavy atom. The lowest BCUT2D eigenvalue weighted by Gasteiger charge is -2.23. The van der Waals surface area contributed by atoms with E-state index < -0.39 is 0 Å². The number of hydrogen-bond donors (Lipinski definition) is 0. The Kier molecular flexibility index (Phi) is 4.22. The van der Waals surface area contributed by atoms with Gasteiger partial charge in [-0.2, -0.15) is 5.10 Å². The number of nitrogens with zero attached hydrogens (tertiary/aromatic N) is 4. The van der Waals surface area contributed by atoms with Crippen molar-refractivity contribution in [3.8, 4) is 0 Å². The average molecular weight is 311 g/mol. The van der Waals surface area contributed by atoms with Gasteiger partial charge < -0.3 is 9.30 Å². The van der Waals surface area contributed by atoms with E-state index in [9.17, 15) is 0 Å². The van der Waals surface area contributed by atoms with Crippen LogP contribution in [0.25, 0.3) is 11.2 Å². The van der Waals surface area contributed by atoms with Crippen molar-refractivity contribution in [1.82, 2.24) is 19.3 Å². The van der Waals surface area contributed by atoms with Gasteiger partial charge in [0.2, 0.25) is 0 Å². The van der Waals surface area contributed by atoms with E-state index in [1.807, 2.05) is 25.6 Å². The molecule has 0 aromatic carbocycles. The summed E-state index contributed by atoms with van der Waals surface area (Å²) in [6.45, 7) is 5.74. The number of fused-ring (bicyclic) bond motifs is 1. The number of ether oxygens (including phenoxy) is 1. The molecule has 0 N–H and O–H groups in total. The van der Waals surface area contributed by atoms with Crippen LogP contribution in [0.4, 0.5) is 0 Å². The van der Waals surface area contributed by atoms with Gasteiger partial charge in [0.1, 0.15) is 11.3 Å². The maximum atomic E-state index is 6.32. The summed E-state index contributed by atoms with van der Waals surface area (Å²) in [5, 5.41) is 4.36. The average Bonchev–Trinajstić information content (AvgIpc) is 2.97. The minimum atomic E-state index is -0.107. The number of imidazole rings is 1. The van der Waals surface area contributed by atoms with Gasteiger partial charge in [0.15, 0.2) is 5.65 Å². The van der Waals surface area contributed by atoms with Gasteiger partial charge in [-0.1, -0.05) is 0 Å². The predicted molar refractivity (Wildman–Crippen MR) is 83.7 cm³/mol. The largest absolute Gasteiger partial charge is 0.378 e. The lowest BCUT2D eigenvalue weighted by atomic mass is 10.1. The summed E-state index contributed by atoms with van der Waals surface area (Å²) in [6, 6.07) is 0. The van der Waals surface area contributed by atoms with E-state index in [2.05, 4.69) is 9.67 Å². The van der Waals surface area contributed by atoms with Gasteiger partial charge in [-0.25, -0.2) is 4.98 Å². The molecule has 3 heterocycles. The third-order valence-corrected chi connectivity index (χ3v) is 4.42. The van der Waals surface area contributed by atoms with Crippen LogP contribution in [0.15, 0.2) is 0 Å². The van der Waals surface area contributed by atoms with Crippen LogP contribution in [0, 0.1) is 6.92 Å². The molecule has 0 spiro atoms. The van der Waals surface area contributed by atoms with Crippen LogP contribution in [0.1, 0.15) is 49.5 Å². The molecule has 1 aliphatic heterocycles. The highest BCUT2D eigenvalue weighted by atomic mass is 35.5. The summed E-state index contributed by atoms with van der Waals surface area (Å²) in [5.74, 6) is 0.929. The lowest BCUT2D eigenvalue weighted by Crippen LogP contribution is -2.21. The van der Waals surface area contributed by atoms with Crippen molar-refractivity contribution < 1.29 is 4.74 Å². The fourth-order valence-electron chi connectivity index (χ4n) is 3.18. The maximum Gasteiger partial charge on any atom is 0.158 e. The third-order valence-electron chi connectivity index (χ3n) is 4.22. The molecule has 3 rings (SSSR count). The van der Waals surface area contributed by atoms with Crippen molar-refractivity contribution in [3.63, 3.8) is 0 Å². The number of aryl methyl sites for hydroxylation is 3. The molecule has 5 nitrogen and oxygen atoms in total. The number of hydrogen-bond acceptors (Lipinski definition) is 3. The third kappa shape index (κ3) is 2.81. The molecule has 2 atom stereocenters. The summed E-state index contributed by atoms with van der Waals surface area (Å²) in [7, 11) is 1.97. The minimum absolute atomic E-state index is 0.107. The quantitative estimate of drug-likeness (QED) is 0.814. The Bertz CT molecular complexity index is 625. The molecule has 2 unspecified atom stereocenters. The number of rotatable bonds is 4. The second-order valence-corrected chi connectivity index (χ2v) is 6.55. The zero-order valence-corrected chi connectivity index (χ0v) is 13.7. The van der Waals surface area contributed by atoms with E-state index >= 15 is 0 Å². The van der Waals surface area contributed by atoms with Crippen molar-refractivity contribution in [3.05, 3.63) is 11.5 Å². The number of halogens is 1. The van der Waals surface area contributed by atoms with Crippen LogP contribution in [-0.2, 0) is 18.3 Å². The molecule has 1 saturated heterocycles. The summed E-state index contributed by atoms with van der Waals surface area (Å²) in [5.41, 5.74) is 2.98. The Hall–Kier alpha value is -1.07. The molecule has 0 saturated carbocycles. The van der Waals surface area contributed by atoms with Crippen LogP contribution < -0.4 is 0 Å². The highest BCUT2D eigenvalue weighted by Gasteiger charge is 2.21. The molecule has 116 valence electrons. The van der Waals surface area contributed by atoms with E-state index in [1.54, 1.807) is 0 Å². The fraction of sp³-hybridized carbons (Fsp3) is 0.733. The molecule has 0 aliphatic carbocycles. The van der Waals surface area contributed by atoms with Gasteiger partial charge in [-0.15, -0.1) is 11.6 Å². The molecular weight excluding hydrogens is 288 g/mol. The second-order valence-electron chi connectivity index (χ2n) is 5.90. The van der Waals surface area contributed by atoms with Gasteiger partial charge in [-0.3, -0.25) is 4.68 Å². The Morgan fingerprint density at radius 1 is 1.43 bits per heavy atom. The first kappa shape index (κ1) is 14.9. The molecule has 0 bridgehead atoms. The molecule has 1 fully saturated rings. The van der Waals surface area contributed by atoms with Crippen LogP contribution >= 0.6 is 11.6 Å². The van der Waals surface area contributed by atoms with E-state index in [1.165, 1.54) is 12.8 Å². The molecule has 6 heteroatoms. The van der Waals surface area contributed by atoms with E-state index in [4.69, 9.17) is 21.3 Å². The van der Waals surface area contributed by atoms with Crippen molar-refractivity contribution in [2.24, 2.45) is 7.05 Å². The molecule has 2 aromatic rings. The van der Waals surface area contributed by atoms with Gasteiger partial charge >= 0.3 is 0 Å². The summed E-state index contributed by atoms with van der Waals surface area (Å²) in [6.07, 6.45) is 4.99. The van der Waals surface area contributed by atoms with Crippen LogP contribution in [0.3, 0.4) is 0 Å². The molecule has 0 radical (unpaired) electrons. The summed E-state index contributed by atoms with van der Waals surface area (Å²) >= 11 is 6.32. The standard InChI is InChI=1S/C15H23ClN4O/c1-10(16)14-17-13-11(2)18-19(3)15(13)20(14)8-7-12-6-4-5-9-21-12/h10,12H,4-9H2,1-3H3. The van der Waals surface area contributed by atoms with Crippen molar-refractivity contribution in [1.29, 1.82) is 0 Å². The SMILES string of the molecule is Cc1nn(C)c2c1nc(C(C)Cl)n2CCC1CCCCO1. The first-order valence-corrected chi connectivity index (χ1v) is 8.17. The molecule has 0 amide bonds.